The number of anilines is 1. The summed E-state index contributed by atoms with van der Waals surface area (Å²) in [5.74, 6) is 0.355. The second-order valence-corrected chi connectivity index (χ2v) is 6.19. The van der Waals surface area contributed by atoms with Gasteiger partial charge in [0.1, 0.15) is 5.75 Å². The lowest BCUT2D eigenvalue weighted by Gasteiger charge is -2.21. The van der Waals surface area contributed by atoms with Crippen LogP contribution >= 0.6 is 11.6 Å². The molecule has 0 N–H and O–H groups in total. The Bertz CT molecular complexity index is 599. The molecule has 2 heterocycles. The van der Waals surface area contributed by atoms with Crippen LogP contribution in [0.15, 0.2) is 18.2 Å². The van der Waals surface area contributed by atoms with Crippen LogP contribution in [0.25, 0.3) is 0 Å². The van der Waals surface area contributed by atoms with Crippen LogP contribution in [0.3, 0.4) is 0 Å². The fraction of sp³-hybridized carbons (Fsp3) is 0.500. The number of likely N-dealkylation sites (tertiary alicyclic amines) is 1. The van der Waals surface area contributed by atoms with E-state index in [-0.39, 0.29) is 24.2 Å². The molecule has 2 fully saturated rings. The van der Waals surface area contributed by atoms with Crippen LogP contribution in [0.5, 0.6) is 5.75 Å². The molecule has 1 atom stereocenters. The Labute approximate surface area is 134 Å². The molecule has 118 valence electrons. The van der Waals surface area contributed by atoms with Crippen molar-refractivity contribution >= 4 is 29.1 Å². The van der Waals surface area contributed by atoms with E-state index < -0.39 is 0 Å². The minimum Gasteiger partial charge on any atom is -0.495 e. The summed E-state index contributed by atoms with van der Waals surface area (Å²) in [4.78, 5) is 28.3. The minimum atomic E-state index is -0.269. The van der Waals surface area contributed by atoms with E-state index in [1.54, 1.807) is 30.2 Å². The predicted molar refractivity (Wildman–Crippen MR) is 84.3 cm³/mol. The smallest absolute Gasteiger partial charge is 0.228 e. The standard InChI is InChI=1S/C16H19ClN2O3/c1-22-14-5-4-12(17)9-13(14)19-10-11(8-15(19)20)16(21)18-6-2-3-7-18/h4-5,9,11H,2-3,6-8,10H2,1H3. The number of hydrogen-bond donors (Lipinski definition) is 0. The highest BCUT2D eigenvalue weighted by Crippen LogP contribution is 2.35. The van der Waals surface area contributed by atoms with Gasteiger partial charge in [0.25, 0.3) is 0 Å². The first-order valence-electron chi connectivity index (χ1n) is 7.53. The minimum absolute atomic E-state index is 0.0573. The predicted octanol–water partition coefficient (Wildman–Crippen LogP) is 2.32. The third kappa shape index (κ3) is 2.77. The summed E-state index contributed by atoms with van der Waals surface area (Å²) in [6.45, 7) is 2.01. The van der Waals surface area contributed by atoms with E-state index in [1.165, 1.54) is 0 Å². The van der Waals surface area contributed by atoms with Crippen molar-refractivity contribution in [3.05, 3.63) is 23.2 Å². The monoisotopic (exact) mass is 322 g/mol. The summed E-state index contributed by atoms with van der Waals surface area (Å²) in [5.41, 5.74) is 0.636. The van der Waals surface area contributed by atoms with Crippen LogP contribution in [0.2, 0.25) is 5.02 Å². The number of benzene rings is 1. The lowest BCUT2D eigenvalue weighted by atomic mass is 10.1. The number of amides is 2. The molecule has 5 nitrogen and oxygen atoms in total. The Morgan fingerprint density at radius 1 is 1.32 bits per heavy atom. The van der Waals surface area contributed by atoms with Gasteiger partial charge < -0.3 is 14.5 Å². The van der Waals surface area contributed by atoms with Gasteiger partial charge in [-0.1, -0.05) is 11.6 Å². The van der Waals surface area contributed by atoms with Crippen LogP contribution in [0.1, 0.15) is 19.3 Å². The molecule has 0 saturated carbocycles. The zero-order chi connectivity index (χ0) is 15.7. The van der Waals surface area contributed by atoms with Crippen LogP contribution in [0.4, 0.5) is 5.69 Å². The maximum Gasteiger partial charge on any atom is 0.228 e. The van der Waals surface area contributed by atoms with E-state index >= 15 is 0 Å². The molecule has 1 aromatic carbocycles. The molecular weight excluding hydrogens is 304 g/mol. The Morgan fingerprint density at radius 2 is 2.05 bits per heavy atom. The quantitative estimate of drug-likeness (QED) is 0.858. The molecule has 0 aliphatic carbocycles. The number of methoxy groups -OCH3 is 1. The Balaban J connectivity index is 1.80. The fourth-order valence-electron chi connectivity index (χ4n) is 3.18. The molecule has 1 unspecified atom stereocenters. The van der Waals surface area contributed by atoms with E-state index in [4.69, 9.17) is 16.3 Å². The molecule has 1 aromatic rings. The van der Waals surface area contributed by atoms with Crippen molar-refractivity contribution in [2.75, 3.05) is 31.6 Å². The highest BCUT2D eigenvalue weighted by molar-refractivity contribution is 6.31. The molecule has 2 amide bonds. The Hall–Kier alpha value is -1.75. The van der Waals surface area contributed by atoms with Gasteiger partial charge in [-0.2, -0.15) is 0 Å². The lowest BCUT2D eigenvalue weighted by Crippen LogP contribution is -2.35. The zero-order valence-corrected chi connectivity index (χ0v) is 13.3. The van der Waals surface area contributed by atoms with Crippen LogP contribution in [-0.2, 0) is 9.59 Å². The van der Waals surface area contributed by atoms with Crippen molar-refractivity contribution in [2.24, 2.45) is 5.92 Å². The number of nitrogens with zero attached hydrogens (tertiary/aromatic N) is 2. The largest absolute Gasteiger partial charge is 0.495 e. The maximum absolute atomic E-state index is 12.5. The van der Waals surface area contributed by atoms with Crippen molar-refractivity contribution in [3.8, 4) is 5.75 Å². The summed E-state index contributed by atoms with van der Waals surface area (Å²) in [7, 11) is 1.56. The average molecular weight is 323 g/mol. The van der Waals surface area contributed by atoms with Crippen molar-refractivity contribution in [2.45, 2.75) is 19.3 Å². The van der Waals surface area contributed by atoms with Crippen molar-refractivity contribution in [1.82, 2.24) is 4.90 Å². The van der Waals surface area contributed by atoms with Gasteiger partial charge in [0, 0.05) is 31.1 Å². The Kier molecular flexibility index (Phi) is 4.25. The summed E-state index contributed by atoms with van der Waals surface area (Å²) in [5, 5.41) is 0.540. The number of carbonyl (C=O) groups excluding carboxylic acids is 2. The highest BCUT2D eigenvalue weighted by atomic mass is 35.5. The van der Waals surface area contributed by atoms with E-state index in [0.717, 1.165) is 25.9 Å². The number of rotatable bonds is 3. The van der Waals surface area contributed by atoms with Crippen LogP contribution in [0, 0.1) is 5.92 Å². The number of ether oxygens (including phenoxy) is 1. The summed E-state index contributed by atoms with van der Waals surface area (Å²) in [6, 6.07) is 5.17. The summed E-state index contributed by atoms with van der Waals surface area (Å²) < 4.78 is 5.31. The third-order valence-corrected chi connectivity index (χ3v) is 4.56. The molecule has 0 radical (unpaired) electrons. The zero-order valence-electron chi connectivity index (χ0n) is 12.5. The van der Waals surface area contributed by atoms with Gasteiger partial charge in [0.2, 0.25) is 11.8 Å². The first kappa shape index (κ1) is 15.2. The van der Waals surface area contributed by atoms with E-state index in [9.17, 15) is 9.59 Å². The van der Waals surface area contributed by atoms with E-state index in [2.05, 4.69) is 0 Å². The molecule has 0 aromatic heterocycles. The molecule has 2 aliphatic rings. The average Bonchev–Trinajstić information content (AvgIpc) is 3.16. The first-order valence-corrected chi connectivity index (χ1v) is 7.90. The van der Waals surface area contributed by atoms with E-state index in [1.807, 2.05) is 4.90 Å². The molecule has 6 heteroatoms. The van der Waals surface area contributed by atoms with Gasteiger partial charge in [0.05, 0.1) is 18.7 Å². The van der Waals surface area contributed by atoms with Gasteiger partial charge in [0.15, 0.2) is 0 Å². The first-order chi connectivity index (χ1) is 10.6. The number of carbonyl (C=O) groups is 2. The van der Waals surface area contributed by atoms with Crippen molar-refractivity contribution in [1.29, 1.82) is 0 Å². The van der Waals surface area contributed by atoms with Gasteiger partial charge in [-0.15, -0.1) is 0 Å². The van der Waals surface area contributed by atoms with Crippen LogP contribution < -0.4 is 9.64 Å². The number of halogens is 1. The highest BCUT2D eigenvalue weighted by Gasteiger charge is 2.38. The molecule has 22 heavy (non-hydrogen) atoms. The normalized spacial score (nSPS) is 21.5. The third-order valence-electron chi connectivity index (χ3n) is 4.32. The summed E-state index contributed by atoms with van der Waals surface area (Å²) in [6.07, 6.45) is 2.36. The second-order valence-electron chi connectivity index (χ2n) is 5.75. The SMILES string of the molecule is COc1ccc(Cl)cc1N1CC(C(=O)N2CCCC2)CC1=O. The van der Waals surface area contributed by atoms with Crippen LogP contribution in [-0.4, -0.2) is 43.5 Å². The van der Waals surface area contributed by atoms with Crippen molar-refractivity contribution in [3.63, 3.8) is 0 Å². The van der Waals surface area contributed by atoms with E-state index in [0.29, 0.717) is 23.0 Å². The number of hydrogen-bond acceptors (Lipinski definition) is 3. The van der Waals surface area contributed by atoms with Crippen molar-refractivity contribution < 1.29 is 14.3 Å². The molecular formula is C16H19ClN2O3. The van der Waals surface area contributed by atoms with Gasteiger partial charge in [-0.3, -0.25) is 9.59 Å². The van der Waals surface area contributed by atoms with Gasteiger partial charge >= 0.3 is 0 Å². The summed E-state index contributed by atoms with van der Waals surface area (Å²) >= 11 is 6.03. The van der Waals surface area contributed by atoms with Gasteiger partial charge in [-0.05, 0) is 31.0 Å². The molecule has 3 rings (SSSR count). The molecule has 0 spiro atoms. The van der Waals surface area contributed by atoms with Gasteiger partial charge in [-0.25, -0.2) is 0 Å². The molecule has 2 saturated heterocycles. The topological polar surface area (TPSA) is 49.9 Å². The molecule has 2 aliphatic heterocycles. The Morgan fingerprint density at radius 3 is 2.73 bits per heavy atom. The lowest BCUT2D eigenvalue weighted by molar-refractivity contribution is -0.134. The second kappa shape index (κ2) is 6.16. The maximum atomic E-state index is 12.5. The molecule has 0 bridgehead atoms. The fourth-order valence-corrected chi connectivity index (χ4v) is 3.34.